The molecule has 10 nitrogen and oxygen atoms in total. The van der Waals surface area contributed by atoms with Crippen LogP contribution in [0, 0.1) is 10.1 Å². The number of aromatic nitrogens is 2. The quantitative estimate of drug-likeness (QED) is 0.400. The zero-order valence-corrected chi connectivity index (χ0v) is 16.3. The molecular weight excluding hydrogens is 370 g/mol. The summed E-state index contributed by atoms with van der Waals surface area (Å²) in [5, 5.41) is 11.4. The van der Waals surface area contributed by atoms with Gasteiger partial charge in [-0.3, -0.25) is 28.8 Å². The minimum atomic E-state index is -0.731. The smallest absolute Gasteiger partial charge is 0.329 e. The van der Waals surface area contributed by atoms with Crippen molar-refractivity contribution in [1.82, 2.24) is 9.13 Å². The van der Waals surface area contributed by atoms with E-state index in [2.05, 4.69) is 4.74 Å². The van der Waals surface area contributed by atoms with E-state index < -0.39 is 28.2 Å². The van der Waals surface area contributed by atoms with Gasteiger partial charge in [0.25, 0.3) is 5.69 Å². The number of nitro groups is 1. The van der Waals surface area contributed by atoms with Gasteiger partial charge in [0.15, 0.2) is 0 Å². The number of hydrogen-bond donors (Lipinski definition) is 0. The fourth-order valence-corrected chi connectivity index (χ4v) is 2.85. The summed E-state index contributed by atoms with van der Waals surface area (Å²) in [5.41, 5.74) is -1.21. The summed E-state index contributed by atoms with van der Waals surface area (Å²) in [7, 11) is 1.26. The summed E-state index contributed by atoms with van der Waals surface area (Å²) in [6.45, 7) is 4.80. The molecule has 0 atom stereocenters. The predicted molar refractivity (Wildman–Crippen MR) is 99.9 cm³/mol. The van der Waals surface area contributed by atoms with Crippen molar-refractivity contribution in [1.29, 1.82) is 0 Å². The molecule has 0 amide bonds. The Morgan fingerprint density at radius 2 is 1.86 bits per heavy atom. The summed E-state index contributed by atoms with van der Waals surface area (Å²) in [6.07, 6.45) is 0.312. The summed E-state index contributed by atoms with van der Waals surface area (Å²) >= 11 is 0. The van der Waals surface area contributed by atoms with Crippen molar-refractivity contribution in [3.63, 3.8) is 0 Å². The van der Waals surface area contributed by atoms with Gasteiger partial charge in [-0.25, -0.2) is 4.79 Å². The van der Waals surface area contributed by atoms with Crippen LogP contribution < -0.4 is 5.69 Å². The van der Waals surface area contributed by atoms with Crippen LogP contribution in [-0.2, 0) is 32.2 Å². The van der Waals surface area contributed by atoms with Crippen molar-refractivity contribution in [3.05, 3.63) is 38.8 Å². The van der Waals surface area contributed by atoms with Gasteiger partial charge in [0.1, 0.15) is 17.7 Å². The first-order valence-electron chi connectivity index (χ1n) is 8.70. The highest BCUT2D eigenvalue weighted by molar-refractivity contribution is 5.86. The zero-order chi connectivity index (χ0) is 21.1. The Morgan fingerprint density at radius 3 is 2.43 bits per heavy atom. The lowest BCUT2D eigenvalue weighted by Crippen LogP contribution is -2.31. The monoisotopic (exact) mass is 393 g/mol. The molecule has 28 heavy (non-hydrogen) atoms. The maximum Gasteiger partial charge on any atom is 0.329 e. The van der Waals surface area contributed by atoms with Crippen molar-refractivity contribution >= 4 is 28.7 Å². The number of nitrogens with zero attached hydrogens (tertiary/aromatic N) is 3. The number of carbonyl (C=O) groups excluding carboxylic acids is 2. The highest BCUT2D eigenvalue weighted by atomic mass is 16.6. The van der Waals surface area contributed by atoms with Crippen LogP contribution in [0.15, 0.2) is 23.0 Å². The Labute approximate surface area is 160 Å². The van der Waals surface area contributed by atoms with Gasteiger partial charge in [-0.2, -0.15) is 0 Å². The molecule has 1 heterocycles. The maximum atomic E-state index is 12.9. The Kier molecular flexibility index (Phi) is 6.22. The molecule has 1 aromatic carbocycles. The molecule has 2 rings (SSSR count). The number of rotatable bonds is 7. The maximum absolute atomic E-state index is 12.9. The standard InChI is InChI=1S/C18H23N3O7/c1-18(2,3)28-15(23)11-20-12-7-5-8-13(21(25)26)16(12)19(17(20)24)10-6-9-14(22)27-4/h5,7-8H,6,9-11H2,1-4H3. The van der Waals surface area contributed by atoms with Crippen molar-refractivity contribution in [2.45, 2.75) is 52.3 Å². The molecule has 0 fully saturated rings. The summed E-state index contributed by atoms with van der Waals surface area (Å²) in [6, 6.07) is 4.27. The Balaban J connectivity index is 2.50. The van der Waals surface area contributed by atoms with E-state index in [-0.39, 0.29) is 42.7 Å². The number of para-hydroxylation sites is 1. The van der Waals surface area contributed by atoms with Gasteiger partial charge in [0, 0.05) is 19.0 Å². The zero-order valence-electron chi connectivity index (χ0n) is 16.3. The normalized spacial score (nSPS) is 11.4. The van der Waals surface area contributed by atoms with E-state index in [0.717, 1.165) is 4.57 Å². The van der Waals surface area contributed by atoms with E-state index in [1.807, 2.05) is 0 Å². The second-order valence-corrected chi connectivity index (χ2v) is 7.19. The average molecular weight is 393 g/mol. The topological polar surface area (TPSA) is 123 Å². The van der Waals surface area contributed by atoms with Gasteiger partial charge in [0.2, 0.25) is 0 Å². The minimum absolute atomic E-state index is 0.0578. The molecule has 0 N–H and O–H groups in total. The average Bonchev–Trinajstić information content (AvgIpc) is 2.85. The minimum Gasteiger partial charge on any atom is -0.469 e. The number of non-ortho nitro benzene ring substituents is 1. The van der Waals surface area contributed by atoms with Crippen LogP contribution in [0.25, 0.3) is 11.0 Å². The first-order chi connectivity index (χ1) is 13.0. The molecule has 0 saturated carbocycles. The number of fused-ring (bicyclic) bond motifs is 1. The molecule has 0 spiro atoms. The number of methoxy groups -OCH3 is 1. The summed E-state index contributed by atoms with van der Waals surface area (Å²) < 4.78 is 12.2. The van der Waals surface area contributed by atoms with Gasteiger partial charge in [0.05, 0.1) is 17.5 Å². The molecule has 0 aliphatic heterocycles. The van der Waals surface area contributed by atoms with Gasteiger partial charge in [-0.15, -0.1) is 0 Å². The van der Waals surface area contributed by atoms with Crippen LogP contribution in [-0.4, -0.2) is 38.7 Å². The number of imidazole rings is 1. The Hall–Kier alpha value is -3.17. The molecule has 0 radical (unpaired) electrons. The summed E-state index contributed by atoms with van der Waals surface area (Å²) in [4.78, 5) is 47.3. The number of aryl methyl sites for hydroxylation is 1. The van der Waals surface area contributed by atoms with Crippen LogP contribution in [0.4, 0.5) is 5.69 Å². The Bertz CT molecular complexity index is 966. The SMILES string of the molecule is COC(=O)CCCn1c(=O)n(CC(=O)OC(C)(C)C)c2cccc([N+](=O)[O-])c21. The second-order valence-electron chi connectivity index (χ2n) is 7.19. The molecule has 0 unspecified atom stereocenters. The molecular formula is C18H23N3O7. The first kappa shape index (κ1) is 21.1. The van der Waals surface area contributed by atoms with Crippen molar-refractivity contribution in [2.24, 2.45) is 0 Å². The lowest BCUT2D eigenvalue weighted by atomic mass is 10.2. The van der Waals surface area contributed by atoms with Crippen LogP contribution >= 0.6 is 0 Å². The fourth-order valence-electron chi connectivity index (χ4n) is 2.85. The number of hydrogen-bond acceptors (Lipinski definition) is 7. The van der Waals surface area contributed by atoms with Crippen molar-refractivity contribution in [2.75, 3.05) is 7.11 Å². The number of ether oxygens (including phenoxy) is 2. The van der Waals surface area contributed by atoms with E-state index in [9.17, 15) is 24.5 Å². The largest absolute Gasteiger partial charge is 0.469 e. The summed E-state index contributed by atoms with van der Waals surface area (Å²) in [5.74, 6) is -1.07. The predicted octanol–water partition coefficient (Wildman–Crippen LogP) is 2.01. The van der Waals surface area contributed by atoms with Crippen LogP contribution in [0.5, 0.6) is 0 Å². The third-order valence-corrected chi connectivity index (χ3v) is 3.91. The molecule has 0 aliphatic carbocycles. The molecule has 0 aliphatic rings. The highest BCUT2D eigenvalue weighted by Gasteiger charge is 2.25. The van der Waals surface area contributed by atoms with Crippen LogP contribution in [0.2, 0.25) is 0 Å². The molecule has 1 aromatic heterocycles. The molecule has 0 bridgehead atoms. The second kappa shape index (κ2) is 8.24. The van der Waals surface area contributed by atoms with Gasteiger partial charge < -0.3 is 9.47 Å². The number of esters is 2. The number of nitro benzene ring substituents is 1. The van der Waals surface area contributed by atoms with Crippen LogP contribution in [0.1, 0.15) is 33.6 Å². The van der Waals surface area contributed by atoms with E-state index in [0.29, 0.717) is 0 Å². The van der Waals surface area contributed by atoms with Gasteiger partial charge in [-0.05, 0) is 33.3 Å². The first-order valence-corrected chi connectivity index (χ1v) is 8.70. The van der Waals surface area contributed by atoms with Crippen LogP contribution in [0.3, 0.4) is 0 Å². The van der Waals surface area contributed by atoms with Crippen molar-refractivity contribution in [3.8, 4) is 0 Å². The van der Waals surface area contributed by atoms with E-state index in [1.54, 1.807) is 20.8 Å². The third-order valence-electron chi connectivity index (χ3n) is 3.91. The van der Waals surface area contributed by atoms with Gasteiger partial charge in [-0.1, -0.05) is 6.07 Å². The molecule has 152 valence electrons. The Morgan fingerprint density at radius 1 is 1.18 bits per heavy atom. The van der Waals surface area contributed by atoms with Crippen molar-refractivity contribution < 1.29 is 24.0 Å². The number of carbonyl (C=O) groups is 2. The molecule has 0 saturated heterocycles. The molecule has 2 aromatic rings. The molecule has 10 heteroatoms. The van der Waals surface area contributed by atoms with E-state index in [1.165, 1.54) is 29.9 Å². The fraction of sp³-hybridized carbons (Fsp3) is 0.500. The number of benzene rings is 1. The lowest BCUT2D eigenvalue weighted by Gasteiger charge is -2.19. The van der Waals surface area contributed by atoms with E-state index >= 15 is 0 Å². The van der Waals surface area contributed by atoms with Gasteiger partial charge >= 0.3 is 17.6 Å². The highest BCUT2D eigenvalue weighted by Crippen LogP contribution is 2.25. The van der Waals surface area contributed by atoms with E-state index in [4.69, 9.17) is 4.74 Å². The lowest BCUT2D eigenvalue weighted by molar-refractivity contribution is -0.383. The third kappa shape index (κ3) is 4.76.